The third-order valence-corrected chi connectivity index (χ3v) is 4.67. The summed E-state index contributed by atoms with van der Waals surface area (Å²) in [7, 11) is 0. The third-order valence-electron chi connectivity index (χ3n) is 4.67. The molecule has 6 heteroatoms. The van der Waals surface area contributed by atoms with Crippen LogP contribution in [0.15, 0.2) is 30.5 Å². The lowest BCUT2D eigenvalue weighted by atomic mass is 10.1. The van der Waals surface area contributed by atoms with E-state index in [9.17, 15) is 10.1 Å². The molecule has 148 valence electrons. The van der Waals surface area contributed by atoms with E-state index in [0.29, 0.717) is 5.56 Å². The van der Waals surface area contributed by atoms with E-state index < -0.39 is 11.7 Å². The number of piperazine rings is 1. The maximum absolute atomic E-state index is 12.6. The van der Waals surface area contributed by atoms with E-state index in [-0.39, 0.29) is 0 Å². The number of hydrogen-bond acceptors (Lipinski definition) is 5. The molecular formula is C22H28N4O2. The van der Waals surface area contributed by atoms with Crippen LogP contribution in [0.5, 0.6) is 0 Å². The molecule has 0 unspecified atom stereocenters. The lowest BCUT2D eigenvalue weighted by Gasteiger charge is -2.26. The van der Waals surface area contributed by atoms with Crippen LogP contribution in [0.1, 0.15) is 38.3 Å². The number of fused-ring (bicyclic) bond motifs is 1. The van der Waals surface area contributed by atoms with Gasteiger partial charge in [-0.3, -0.25) is 4.57 Å². The van der Waals surface area contributed by atoms with E-state index in [2.05, 4.69) is 22.4 Å². The van der Waals surface area contributed by atoms with E-state index in [1.165, 1.54) is 4.57 Å². The number of ether oxygens (including phenoxy) is 1. The van der Waals surface area contributed by atoms with Crippen molar-refractivity contribution >= 4 is 23.1 Å². The Morgan fingerprint density at radius 2 is 2.07 bits per heavy atom. The average molecular weight is 380 g/mol. The molecule has 0 bridgehead atoms. The summed E-state index contributed by atoms with van der Waals surface area (Å²) >= 11 is 0. The summed E-state index contributed by atoms with van der Waals surface area (Å²) in [5.74, 6) is 0. The number of rotatable bonds is 4. The molecule has 1 N–H and O–H groups in total. The van der Waals surface area contributed by atoms with E-state index in [0.717, 1.165) is 55.6 Å². The predicted molar refractivity (Wildman–Crippen MR) is 111 cm³/mol. The highest BCUT2D eigenvalue weighted by Crippen LogP contribution is 2.25. The molecule has 0 spiro atoms. The number of aromatic nitrogens is 1. The molecule has 0 aliphatic carbocycles. The number of nitrogens with zero attached hydrogens (tertiary/aromatic N) is 3. The van der Waals surface area contributed by atoms with Crippen LogP contribution in [0.3, 0.4) is 0 Å². The van der Waals surface area contributed by atoms with Gasteiger partial charge in [0, 0.05) is 49.9 Å². The number of nitrogens with one attached hydrogen (secondary N) is 1. The van der Waals surface area contributed by atoms with Crippen molar-refractivity contribution in [1.82, 2.24) is 14.8 Å². The Hall–Kier alpha value is -2.62. The van der Waals surface area contributed by atoms with Crippen molar-refractivity contribution in [3.63, 3.8) is 0 Å². The molecule has 6 nitrogen and oxygen atoms in total. The lowest BCUT2D eigenvalue weighted by molar-refractivity contribution is 0.0544. The van der Waals surface area contributed by atoms with Gasteiger partial charge < -0.3 is 15.0 Å². The number of nitriles is 1. The van der Waals surface area contributed by atoms with E-state index in [4.69, 9.17) is 4.74 Å². The van der Waals surface area contributed by atoms with Gasteiger partial charge in [0.15, 0.2) is 0 Å². The molecule has 1 aliphatic heterocycles. The van der Waals surface area contributed by atoms with Crippen LogP contribution in [0.25, 0.3) is 17.0 Å². The molecule has 3 rings (SSSR count). The first kappa shape index (κ1) is 20.1. The van der Waals surface area contributed by atoms with Gasteiger partial charge in [0.1, 0.15) is 5.60 Å². The molecule has 1 saturated heterocycles. The van der Waals surface area contributed by atoms with Crippen molar-refractivity contribution in [2.75, 3.05) is 32.7 Å². The number of carbonyl (C=O) groups excluding carboxylic acids is 1. The highest BCUT2D eigenvalue weighted by molar-refractivity contribution is 5.96. The maximum Gasteiger partial charge on any atom is 0.419 e. The maximum atomic E-state index is 12.6. The molecule has 28 heavy (non-hydrogen) atoms. The number of carbonyl (C=O) groups is 1. The van der Waals surface area contributed by atoms with Crippen molar-refractivity contribution in [3.8, 4) is 6.07 Å². The second-order valence-corrected chi connectivity index (χ2v) is 8.06. The molecule has 1 fully saturated rings. The monoisotopic (exact) mass is 380 g/mol. The van der Waals surface area contributed by atoms with Gasteiger partial charge >= 0.3 is 6.09 Å². The topological polar surface area (TPSA) is 70.3 Å². The summed E-state index contributed by atoms with van der Waals surface area (Å²) in [6.45, 7) is 10.8. The van der Waals surface area contributed by atoms with Gasteiger partial charge in [0.25, 0.3) is 0 Å². The quantitative estimate of drug-likeness (QED) is 0.877. The fraction of sp³-hybridized carbons (Fsp3) is 0.455. The largest absolute Gasteiger partial charge is 0.443 e. The Balaban J connectivity index is 1.82. The number of hydrogen-bond donors (Lipinski definition) is 1. The third kappa shape index (κ3) is 5.00. The minimum atomic E-state index is -0.570. The fourth-order valence-corrected chi connectivity index (χ4v) is 3.32. The van der Waals surface area contributed by atoms with Crippen LogP contribution in [-0.4, -0.2) is 53.9 Å². The summed E-state index contributed by atoms with van der Waals surface area (Å²) in [4.78, 5) is 15.1. The van der Waals surface area contributed by atoms with E-state index >= 15 is 0 Å². The second kappa shape index (κ2) is 8.59. The zero-order valence-corrected chi connectivity index (χ0v) is 16.9. The molecule has 0 radical (unpaired) electrons. The molecule has 2 heterocycles. The van der Waals surface area contributed by atoms with Crippen LogP contribution in [0, 0.1) is 11.3 Å². The van der Waals surface area contributed by atoms with Crippen molar-refractivity contribution < 1.29 is 9.53 Å². The van der Waals surface area contributed by atoms with Crippen LogP contribution in [0.2, 0.25) is 0 Å². The van der Waals surface area contributed by atoms with Gasteiger partial charge in [0.05, 0.1) is 17.1 Å². The molecule has 0 atom stereocenters. The predicted octanol–water partition coefficient (Wildman–Crippen LogP) is 3.60. The summed E-state index contributed by atoms with van der Waals surface area (Å²) in [6, 6.07) is 7.52. The van der Waals surface area contributed by atoms with Crippen molar-refractivity contribution in [2.45, 2.75) is 32.8 Å². The molecule has 1 aromatic heterocycles. The summed E-state index contributed by atoms with van der Waals surface area (Å²) in [6.07, 6.45) is 6.49. The lowest BCUT2D eigenvalue weighted by Crippen LogP contribution is -2.43. The summed E-state index contributed by atoms with van der Waals surface area (Å²) in [5.41, 5.74) is 1.66. The molecular weight excluding hydrogens is 352 g/mol. The zero-order valence-electron chi connectivity index (χ0n) is 16.9. The smallest absolute Gasteiger partial charge is 0.419 e. The highest BCUT2D eigenvalue weighted by Gasteiger charge is 2.20. The molecule has 0 amide bonds. The van der Waals surface area contributed by atoms with Crippen molar-refractivity contribution in [3.05, 3.63) is 41.6 Å². The van der Waals surface area contributed by atoms with Gasteiger partial charge in [-0.2, -0.15) is 5.26 Å². The van der Waals surface area contributed by atoms with Gasteiger partial charge in [-0.15, -0.1) is 0 Å². The summed E-state index contributed by atoms with van der Waals surface area (Å²) < 4.78 is 7.05. The molecule has 2 aromatic rings. The number of benzene rings is 1. The van der Waals surface area contributed by atoms with Gasteiger partial charge in [-0.25, -0.2) is 4.79 Å². The van der Waals surface area contributed by atoms with E-state index in [1.54, 1.807) is 18.3 Å². The minimum Gasteiger partial charge on any atom is -0.443 e. The van der Waals surface area contributed by atoms with Crippen LogP contribution < -0.4 is 5.32 Å². The minimum absolute atomic E-state index is 0.414. The fourth-order valence-electron chi connectivity index (χ4n) is 3.32. The Morgan fingerprint density at radius 1 is 1.32 bits per heavy atom. The zero-order chi connectivity index (χ0) is 20.1. The standard InChI is InChI=1S/C22H28N4O2/c1-22(2,3)28-21(27)26-16-18(19-14-17(15-23)7-8-20(19)26)6-4-5-11-25-12-9-24-10-13-25/h4,6-8,14,16,24H,5,9-13H2,1-3H3. The Morgan fingerprint density at radius 3 is 2.75 bits per heavy atom. The molecule has 1 aromatic carbocycles. The first-order chi connectivity index (χ1) is 13.4. The highest BCUT2D eigenvalue weighted by atomic mass is 16.6. The SMILES string of the molecule is CC(C)(C)OC(=O)n1cc(C=CCCN2CCNCC2)c2cc(C#N)ccc21. The van der Waals surface area contributed by atoms with E-state index in [1.807, 2.05) is 32.9 Å². The van der Waals surface area contributed by atoms with Crippen LogP contribution in [0.4, 0.5) is 4.79 Å². The van der Waals surface area contributed by atoms with Gasteiger partial charge in [-0.05, 0) is 45.4 Å². The van der Waals surface area contributed by atoms with Gasteiger partial charge in [-0.1, -0.05) is 12.2 Å². The Kier molecular flexibility index (Phi) is 6.18. The molecule has 1 aliphatic rings. The summed E-state index contributed by atoms with van der Waals surface area (Å²) in [5, 5.41) is 13.5. The average Bonchev–Trinajstić information content (AvgIpc) is 3.03. The van der Waals surface area contributed by atoms with Crippen LogP contribution >= 0.6 is 0 Å². The molecule has 0 saturated carbocycles. The van der Waals surface area contributed by atoms with Crippen molar-refractivity contribution in [1.29, 1.82) is 5.26 Å². The first-order valence-corrected chi connectivity index (χ1v) is 9.75. The van der Waals surface area contributed by atoms with Gasteiger partial charge in [0.2, 0.25) is 0 Å². The van der Waals surface area contributed by atoms with Crippen molar-refractivity contribution in [2.24, 2.45) is 0 Å². The second-order valence-electron chi connectivity index (χ2n) is 8.06. The Labute approximate surface area is 166 Å². The Bertz CT molecular complexity index is 909. The van der Waals surface area contributed by atoms with Crippen LogP contribution in [-0.2, 0) is 4.74 Å². The first-order valence-electron chi connectivity index (χ1n) is 9.75. The normalized spacial score (nSPS) is 15.8.